The number of hydrogen-bond donors (Lipinski definition) is 0. The fourth-order valence-electron chi connectivity index (χ4n) is 1.49. The van der Waals surface area contributed by atoms with Gasteiger partial charge in [-0.25, -0.2) is 0 Å². The normalized spacial score (nSPS) is 9.78. The Kier molecular flexibility index (Phi) is 3.68. The van der Waals surface area contributed by atoms with E-state index >= 15 is 0 Å². The summed E-state index contributed by atoms with van der Waals surface area (Å²) in [5.41, 5.74) is 9.37. The maximum atomic E-state index is 11.2. The molecular weight excluding hydrogens is 232 g/mol. The van der Waals surface area contributed by atoms with E-state index < -0.39 is 5.91 Å². The molecule has 1 aromatic carbocycles. The molecule has 0 aliphatic heterocycles. The summed E-state index contributed by atoms with van der Waals surface area (Å²) in [6, 6.07) is 9.92. The number of azide groups is 1. The van der Waals surface area contributed by atoms with E-state index in [1.54, 1.807) is 4.68 Å². The number of benzene rings is 1. The third-order valence-electron chi connectivity index (χ3n) is 2.37. The van der Waals surface area contributed by atoms with Crippen molar-refractivity contribution in [2.75, 3.05) is 0 Å². The van der Waals surface area contributed by atoms with Crippen molar-refractivity contribution in [3.05, 3.63) is 58.2 Å². The van der Waals surface area contributed by atoms with Gasteiger partial charge in [0.25, 0.3) is 5.91 Å². The minimum absolute atomic E-state index is 0.0564. The van der Waals surface area contributed by atoms with Crippen LogP contribution in [0, 0.1) is 0 Å². The molecule has 0 bridgehead atoms. The lowest BCUT2D eigenvalue weighted by Crippen LogP contribution is -2.02. The highest BCUT2D eigenvalue weighted by Gasteiger charge is 2.08. The number of nitrogens with zero attached hydrogens (tertiary/aromatic N) is 6. The zero-order valence-electron chi connectivity index (χ0n) is 9.47. The van der Waals surface area contributed by atoms with Gasteiger partial charge in [-0.3, -0.25) is 9.48 Å². The lowest BCUT2D eigenvalue weighted by molar-refractivity contribution is 0.0995. The van der Waals surface area contributed by atoms with Gasteiger partial charge in [-0.1, -0.05) is 35.5 Å². The van der Waals surface area contributed by atoms with Crippen LogP contribution in [-0.2, 0) is 13.0 Å². The average molecular weight is 242 g/mol. The Labute approximate surface area is 103 Å². The highest BCUT2D eigenvalue weighted by molar-refractivity contribution is 5.92. The number of aryl methyl sites for hydroxylation is 2. The number of carbonyl (C=O) groups excluding carboxylic acids is 1. The number of carbonyl (C=O) groups is 1. The fourth-order valence-corrected chi connectivity index (χ4v) is 1.49. The number of amides is 1. The van der Waals surface area contributed by atoms with Gasteiger partial charge in [0.05, 0.1) is 6.20 Å². The molecule has 2 rings (SSSR count). The van der Waals surface area contributed by atoms with E-state index in [0.29, 0.717) is 6.54 Å². The first-order chi connectivity index (χ1) is 8.79. The molecule has 0 spiro atoms. The Balaban J connectivity index is 1.99. The zero-order chi connectivity index (χ0) is 12.8. The van der Waals surface area contributed by atoms with Crippen LogP contribution in [0.25, 0.3) is 10.4 Å². The van der Waals surface area contributed by atoms with E-state index in [-0.39, 0.29) is 5.69 Å². The van der Waals surface area contributed by atoms with Gasteiger partial charge in [0.1, 0.15) is 0 Å². The second-order valence-electron chi connectivity index (χ2n) is 3.60. The van der Waals surface area contributed by atoms with Crippen LogP contribution >= 0.6 is 0 Å². The smallest absolute Gasteiger partial charge is 0.270 e. The molecule has 0 atom stereocenters. The predicted molar refractivity (Wildman–Crippen MR) is 63.6 cm³/mol. The molecule has 0 aliphatic rings. The van der Waals surface area contributed by atoms with Crippen molar-refractivity contribution in [2.24, 2.45) is 5.11 Å². The molecule has 7 nitrogen and oxygen atoms in total. The summed E-state index contributed by atoms with van der Waals surface area (Å²) in [6.45, 7) is 0.612. The van der Waals surface area contributed by atoms with Crippen molar-refractivity contribution in [3.8, 4) is 0 Å². The van der Waals surface area contributed by atoms with E-state index in [1.807, 2.05) is 30.3 Å². The van der Waals surface area contributed by atoms with Crippen LogP contribution in [-0.4, -0.2) is 20.9 Å². The molecule has 90 valence electrons. The summed E-state index contributed by atoms with van der Waals surface area (Å²) in [5, 5.41) is 10.4. The largest absolute Gasteiger partial charge is 0.285 e. The third-order valence-corrected chi connectivity index (χ3v) is 2.37. The van der Waals surface area contributed by atoms with Gasteiger partial charge in [-0.2, -0.15) is 0 Å². The first-order valence-corrected chi connectivity index (χ1v) is 5.33. The zero-order valence-corrected chi connectivity index (χ0v) is 9.47. The van der Waals surface area contributed by atoms with E-state index in [2.05, 4.69) is 20.3 Å². The molecular formula is C11H10N6O. The molecule has 2 aromatic rings. The van der Waals surface area contributed by atoms with E-state index in [9.17, 15) is 4.79 Å². The Morgan fingerprint density at radius 1 is 1.39 bits per heavy atom. The van der Waals surface area contributed by atoms with Crippen molar-refractivity contribution >= 4 is 5.91 Å². The van der Waals surface area contributed by atoms with Crippen molar-refractivity contribution < 1.29 is 4.79 Å². The molecule has 0 saturated carbocycles. The number of hydrogen-bond acceptors (Lipinski definition) is 3. The maximum Gasteiger partial charge on any atom is 0.270 e. The first-order valence-electron chi connectivity index (χ1n) is 5.33. The Morgan fingerprint density at radius 2 is 2.17 bits per heavy atom. The van der Waals surface area contributed by atoms with Gasteiger partial charge in [-0.05, 0) is 22.6 Å². The second kappa shape index (κ2) is 5.60. The fraction of sp³-hybridized carbons (Fsp3) is 0.182. The SMILES string of the molecule is [N-]=[N+]=NC(=O)c1cn(CCc2ccccc2)nn1. The van der Waals surface area contributed by atoms with Gasteiger partial charge in [-0.15, -0.1) is 5.10 Å². The van der Waals surface area contributed by atoms with Gasteiger partial charge >= 0.3 is 0 Å². The molecule has 0 saturated heterocycles. The lowest BCUT2D eigenvalue weighted by atomic mass is 10.1. The molecule has 0 radical (unpaired) electrons. The van der Waals surface area contributed by atoms with Crippen LogP contribution in [0.1, 0.15) is 16.1 Å². The van der Waals surface area contributed by atoms with Crippen LogP contribution in [0.3, 0.4) is 0 Å². The van der Waals surface area contributed by atoms with Gasteiger partial charge in [0, 0.05) is 11.5 Å². The van der Waals surface area contributed by atoms with Crippen molar-refractivity contribution in [3.63, 3.8) is 0 Å². The Bertz CT molecular complexity index is 585. The predicted octanol–water partition coefficient (Wildman–Crippen LogP) is 1.97. The highest BCUT2D eigenvalue weighted by atomic mass is 16.2. The van der Waals surface area contributed by atoms with Crippen LogP contribution in [0.5, 0.6) is 0 Å². The molecule has 1 amide bonds. The van der Waals surface area contributed by atoms with Gasteiger partial charge < -0.3 is 0 Å². The van der Waals surface area contributed by atoms with Crippen LogP contribution in [0.2, 0.25) is 0 Å². The summed E-state index contributed by atoms with van der Waals surface area (Å²) in [5.74, 6) is -0.719. The highest BCUT2D eigenvalue weighted by Crippen LogP contribution is 2.02. The minimum Gasteiger partial charge on any atom is -0.285 e. The second-order valence-corrected chi connectivity index (χ2v) is 3.60. The molecule has 7 heteroatoms. The summed E-state index contributed by atoms with van der Waals surface area (Å²) < 4.78 is 1.55. The summed E-state index contributed by atoms with van der Waals surface area (Å²) in [6.07, 6.45) is 2.26. The molecule has 1 heterocycles. The molecule has 0 aliphatic carbocycles. The summed E-state index contributed by atoms with van der Waals surface area (Å²) in [7, 11) is 0. The Morgan fingerprint density at radius 3 is 2.89 bits per heavy atom. The first kappa shape index (κ1) is 11.8. The average Bonchev–Trinajstić information content (AvgIpc) is 2.87. The topological polar surface area (TPSA) is 96.5 Å². The molecule has 0 unspecified atom stereocenters. The summed E-state index contributed by atoms with van der Waals surface area (Å²) in [4.78, 5) is 13.6. The monoisotopic (exact) mass is 242 g/mol. The van der Waals surface area contributed by atoms with Gasteiger partial charge in [0.15, 0.2) is 5.69 Å². The third kappa shape index (κ3) is 2.93. The van der Waals surface area contributed by atoms with E-state index in [1.165, 1.54) is 11.8 Å². The lowest BCUT2D eigenvalue weighted by Gasteiger charge is -2.00. The van der Waals surface area contributed by atoms with Crippen molar-refractivity contribution in [1.82, 2.24) is 15.0 Å². The quantitative estimate of drug-likeness (QED) is 0.465. The maximum absolute atomic E-state index is 11.2. The molecule has 18 heavy (non-hydrogen) atoms. The van der Waals surface area contributed by atoms with Gasteiger partial charge in [0.2, 0.25) is 0 Å². The van der Waals surface area contributed by atoms with Crippen molar-refractivity contribution in [2.45, 2.75) is 13.0 Å². The summed E-state index contributed by atoms with van der Waals surface area (Å²) >= 11 is 0. The van der Waals surface area contributed by atoms with E-state index in [0.717, 1.165) is 6.42 Å². The molecule has 0 N–H and O–H groups in total. The standard InChI is InChI=1S/C11H10N6O/c12-15-14-11(18)10-8-17(16-13-10)7-6-9-4-2-1-3-5-9/h1-5,8H,6-7H2. The van der Waals surface area contributed by atoms with Crippen LogP contribution < -0.4 is 0 Å². The van der Waals surface area contributed by atoms with E-state index in [4.69, 9.17) is 5.53 Å². The van der Waals surface area contributed by atoms with Crippen molar-refractivity contribution in [1.29, 1.82) is 0 Å². The van der Waals surface area contributed by atoms with Crippen LogP contribution in [0.4, 0.5) is 0 Å². The number of rotatable bonds is 4. The molecule has 0 fully saturated rings. The minimum atomic E-state index is -0.719. The number of aromatic nitrogens is 3. The van der Waals surface area contributed by atoms with Crippen LogP contribution in [0.15, 0.2) is 41.6 Å². The molecule has 1 aromatic heterocycles. The Hall–Kier alpha value is -2.66.